The van der Waals surface area contributed by atoms with Gasteiger partial charge in [0.05, 0.1) is 0 Å². The number of aromatic nitrogens is 2. The zero-order chi connectivity index (χ0) is 20.9. The van der Waals surface area contributed by atoms with E-state index in [0.29, 0.717) is 17.5 Å². The van der Waals surface area contributed by atoms with Crippen molar-refractivity contribution in [3.05, 3.63) is 83.9 Å². The van der Waals surface area contributed by atoms with E-state index < -0.39 is 0 Å². The van der Waals surface area contributed by atoms with Crippen LogP contribution in [-0.2, 0) is 4.79 Å². The van der Waals surface area contributed by atoms with Crippen molar-refractivity contribution in [3.8, 4) is 28.7 Å². The highest BCUT2D eigenvalue weighted by Gasteiger charge is 2.11. The van der Waals surface area contributed by atoms with Crippen LogP contribution in [0.5, 0.6) is 5.75 Å². The third-order valence-electron chi connectivity index (χ3n) is 4.58. The summed E-state index contributed by atoms with van der Waals surface area (Å²) in [4.78, 5) is 12.2. The first-order chi connectivity index (χ1) is 14.6. The van der Waals surface area contributed by atoms with Crippen LogP contribution in [0.3, 0.4) is 0 Å². The van der Waals surface area contributed by atoms with Crippen molar-refractivity contribution >= 4 is 11.6 Å². The molecule has 6 heteroatoms. The highest BCUT2D eigenvalue weighted by Crippen LogP contribution is 2.25. The number of hydrogen-bond acceptors (Lipinski definition) is 5. The first-order valence-electron chi connectivity index (χ1n) is 9.58. The third-order valence-corrected chi connectivity index (χ3v) is 4.58. The Hall–Kier alpha value is -3.93. The minimum absolute atomic E-state index is 0.0779. The lowest BCUT2D eigenvalue weighted by Crippen LogP contribution is -2.20. The average Bonchev–Trinajstić information content (AvgIpc) is 3.26. The largest absolute Gasteiger partial charge is 0.484 e. The second-order valence-corrected chi connectivity index (χ2v) is 6.96. The van der Waals surface area contributed by atoms with E-state index in [9.17, 15) is 4.79 Å². The Morgan fingerprint density at radius 3 is 2.27 bits per heavy atom. The average molecular weight is 399 g/mol. The molecule has 0 aliphatic carbocycles. The van der Waals surface area contributed by atoms with E-state index >= 15 is 0 Å². The second kappa shape index (κ2) is 8.61. The quantitative estimate of drug-likeness (QED) is 0.492. The maximum atomic E-state index is 12.2. The molecule has 6 nitrogen and oxygen atoms in total. The van der Waals surface area contributed by atoms with Gasteiger partial charge in [-0.25, -0.2) is 0 Å². The maximum Gasteiger partial charge on any atom is 0.262 e. The molecular weight excluding hydrogens is 378 g/mol. The molecule has 3 aromatic carbocycles. The molecule has 1 N–H and O–H groups in total. The summed E-state index contributed by atoms with van der Waals surface area (Å²) < 4.78 is 11.4. The summed E-state index contributed by atoms with van der Waals surface area (Å²) in [7, 11) is 0. The van der Waals surface area contributed by atoms with Gasteiger partial charge in [0.2, 0.25) is 11.8 Å². The summed E-state index contributed by atoms with van der Waals surface area (Å²) >= 11 is 0. The van der Waals surface area contributed by atoms with Gasteiger partial charge < -0.3 is 14.5 Å². The summed E-state index contributed by atoms with van der Waals surface area (Å²) in [6.07, 6.45) is 0. The fraction of sp³-hybridized carbons (Fsp3) is 0.125. The number of benzene rings is 3. The summed E-state index contributed by atoms with van der Waals surface area (Å²) in [5, 5.41) is 11.1. The number of carbonyl (C=O) groups excluding carboxylic acids is 1. The molecule has 4 aromatic rings. The van der Waals surface area contributed by atoms with Crippen molar-refractivity contribution in [2.45, 2.75) is 13.8 Å². The van der Waals surface area contributed by atoms with Crippen molar-refractivity contribution in [3.63, 3.8) is 0 Å². The van der Waals surface area contributed by atoms with E-state index in [1.807, 2.05) is 74.5 Å². The summed E-state index contributed by atoms with van der Waals surface area (Å²) in [5.41, 5.74) is 4.53. The van der Waals surface area contributed by atoms with E-state index in [1.165, 1.54) is 0 Å². The molecule has 1 heterocycles. The number of rotatable bonds is 6. The maximum absolute atomic E-state index is 12.2. The van der Waals surface area contributed by atoms with Gasteiger partial charge in [-0.15, -0.1) is 10.2 Å². The van der Waals surface area contributed by atoms with Gasteiger partial charge in [0, 0.05) is 16.8 Å². The van der Waals surface area contributed by atoms with Gasteiger partial charge in [0.1, 0.15) is 5.75 Å². The Bertz CT molecular complexity index is 1150. The Morgan fingerprint density at radius 2 is 1.57 bits per heavy atom. The number of nitrogens with one attached hydrogen (secondary N) is 1. The zero-order valence-corrected chi connectivity index (χ0v) is 16.8. The molecule has 0 aliphatic heterocycles. The molecule has 0 saturated carbocycles. The lowest BCUT2D eigenvalue weighted by atomic mass is 10.1. The molecule has 0 unspecified atom stereocenters. The topological polar surface area (TPSA) is 77.2 Å². The molecule has 0 aliphatic rings. The third kappa shape index (κ3) is 4.55. The minimum atomic E-state index is -0.211. The fourth-order valence-corrected chi connectivity index (χ4v) is 2.94. The van der Waals surface area contributed by atoms with Gasteiger partial charge in [-0.05, 0) is 67.4 Å². The number of amides is 1. The van der Waals surface area contributed by atoms with Crippen molar-refractivity contribution < 1.29 is 13.9 Å². The van der Waals surface area contributed by atoms with Crippen LogP contribution in [0.2, 0.25) is 0 Å². The van der Waals surface area contributed by atoms with Crippen LogP contribution in [0, 0.1) is 13.8 Å². The molecule has 0 fully saturated rings. The summed E-state index contributed by atoms with van der Waals surface area (Å²) in [6, 6.07) is 22.7. The lowest BCUT2D eigenvalue weighted by molar-refractivity contribution is -0.118. The van der Waals surface area contributed by atoms with Crippen LogP contribution < -0.4 is 10.1 Å². The van der Waals surface area contributed by atoms with E-state index in [4.69, 9.17) is 9.15 Å². The van der Waals surface area contributed by atoms with Crippen molar-refractivity contribution in [2.24, 2.45) is 0 Å². The summed E-state index contributed by atoms with van der Waals surface area (Å²) in [5.74, 6) is 1.26. The second-order valence-electron chi connectivity index (χ2n) is 6.96. The van der Waals surface area contributed by atoms with Crippen LogP contribution in [0.4, 0.5) is 5.69 Å². The normalized spacial score (nSPS) is 10.6. The number of ether oxygens (including phenoxy) is 1. The molecule has 0 atom stereocenters. The highest BCUT2D eigenvalue weighted by molar-refractivity contribution is 5.92. The Kier molecular flexibility index (Phi) is 5.57. The van der Waals surface area contributed by atoms with Gasteiger partial charge in [-0.1, -0.05) is 30.3 Å². The lowest BCUT2D eigenvalue weighted by Gasteiger charge is -2.10. The Labute approximate surface area is 174 Å². The highest BCUT2D eigenvalue weighted by atomic mass is 16.5. The van der Waals surface area contributed by atoms with Gasteiger partial charge in [-0.2, -0.15) is 0 Å². The van der Waals surface area contributed by atoms with Gasteiger partial charge >= 0.3 is 0 Å². The van der Waals surface area contributed by atoms with Crippen LogP contribution in [0.1, 0.15) is 11.1 Å². The zero-order valence-electron chi connectivity index (χ0n) is 16.8. The summed E-state index contributed by atoms with van der Waals surface area (Å²) in [6.45, 7) is 3.86. The van der Waals surface area contributed by atoms with Crippen LogP contribution in [-0.4, -0.2) is 22.7 Å². The predicted octanol–water partition coefficient (Wildman–Crippen LogP) is 5.04. The molecule has 1 aromatic heterocycles. The monoisotopic (exact) mass is 399 g/mol. The number of aryl methyl sites for hydroxylation is 2. The van der Waals surface area contributed by atoms with Crippen molar-refractivity contribution in [1.29, 1.82) is 0 Å². The predicted molar refractivity (Wildman–Crippen MR) is 115 cm³/mol. The molecule has 150 valence electrons. The molecule has 0 radical (unpaired) electrons. The Morgan fingerprint density at radius 1 is 0.900 bits per heavy atom. The van der Waals surface area contributed by atoms with Gasteiger partial charge in [0.15, 0.2) is 6.61 Å². The van der Waals surface area contributed by atoms with Crippen LogP contribution >= 0.6 is 0 Å². The molecule has 1 amide bonds. The first kappa shape index (κ1) is 19.4. The van der Waals surface area contributed by atoms with Crippen LogP contribution in [0.25, 0.3) is 22.9 Å². The molecule has 30 heavy (non-hydrogen) atoms. The Balaban J connectivity index is 1.36. The number of carbonyl (C=O) groups is 1. The van der Waals surface area contributed by atoms with E-state index in [-0.39, 0.29) is 12.5 Å². The number of hydrogen-bond donors (Lipinski definition) is 1. The van der Waals surface area contributed by atoms with E-state index in [2.05, 4.69) is 15.5 Å². The van der Waals surface area contributed by atoms with Crippen molar-refractivity contribution in [2.75, 3.05) is 11.9 Å². The van der Waals surface area contributed by atoms with Crippen LogP contribution in [0.15, 0.2) is 77.2 Å². The van der Waals surface area contributed by atoms with Gasteiger partial charge in [-0.3, -0.25) is 4.79 Å². The molecule has 0 bridgehead atoms. The number of anilines is 1. The molecular formula is C24H21N3O3. The van der Waals surface area contributed by atoms with E-state index in [0.717, 1.165) is 27.9 Å². The van der Waals surface area contributed by atoms with E-state index in [1.54, 1.807) is 12.1 Å². The molecule has 0 saturated heterocycles. The first-order valence-corrected chi connectivity index (χ1v) is 9.58. The van der Waals surface area contributed by atoms with Gasteiger partial charge in [0.25, 0.3) is 5.91 Å². The smallest absolute Gasteiger partial charge is 0.262 e. The van der Waals surface area contributed by atoms with Crippen molar-refractivity contribution in [1.82, 2.24) is 10.2 Å². The fourth-order valence-electron chi connectivity index (χ4n) is 2.94. The SMILES string of the molecule is Cc1ccc(C)c(NC(=O)COc2ccc(-c3nnc(-c4ccccc4)o3)cc2)c1. The minimum Gasteiger partial charge on any atom is -0.484 e. The molecule has 0 spiro atoms. The number of nitrogens with zero attached hydrogens (tertiary/aromatic N) is 2. The standard InChI is InChI=1S/C24H21N3O3/c1-16-8-9-17(2)21(14-16)25-22(28)15-29-20-12-10-19(11-13-20)24-27-26-23(30-24)18-6-4-3-5-7-18/h3-14H,15H2,1-2H3,(H,25,28). The molecule has 4 rings (SSSR count).